The molecule has 0 aromatic heterocycles. The van der Waals surface area contributed by atoms with Crippen molar-refractivity contribution in [3.05, 3.63) is 35.4 Å². The molecule has 0 spiro atoms. The maximum atomic E-state index is 10.6. The molecule has 0 aliphatic rings. The normalized spacial score (nSPS) is 12.0. The van der Waals surface area contributed by atoms with E-state index in [-0.39, 0.29) is 12.4 Å². The van der Waals surface area contributed by atoms with Crippen LogP contribution in [0.4, 0.5) is 0 Å². The lowest BCUT2D eigenvalue weighted by Gasteiger charge is -2.10. The highest BCUT2D eigenvalue weighted by Crippen LogP contribution is 2.16. The van der Waals surface area contributed by atoms with Gasteiger partial charge in [0.05, 0.1) is 0 Å². The lowest BCUT2D eigenvalue weighted by atomic mass is 9.98. The number of nitrogens with two attached hydrogens (primary N) is 1. The highest BCUT2D eigenvalue weighted by molar-refractivity contribution is 5.85. The number of carboxylic acids is 1. The van der Waals surface area contributed by atoms with Gasteiger partial charge < -0.3 is 10.8 Å². The SMILES string of the molecule is CC(C)c1cccc(CC(N)C(=O)O)c1.Cl. The lowest BCUT2D eigenvalue weighted by molar-refractivity contribution is -0.138. The fraction of sp³-hybridized carbons (Fsp3) is 0.417. The number of carbonyl (C=O) groups is 1. The van der Waals surface area contributed by atoms with Gasteiger partial charge in [0, 0.05) is 0 Å². The Labute approximate surface area is 102 Å². The zero-order valence-corrected chi connectivity index (χ0v) is 10.3. The molecule has 0 fully saturated rings. The van der Waals surface area contributed by atoms with Gasteiger partial charge in [0.25, 0.3) is 0 Å². The fourth-order valence-corrected chi connectivity index (χ4v) is 1.42. The van der Waals surface area contributed by atoms with Crippen molar-refractivity contribution in [2.45, 2.75) is 32.2 Å². The van der Waals surface area contributed by atoms with Crippen LogP contribution in [0.5, 0.6) is 0 Å². The number of rotatable bonds is 4. The molecule has 1 aromatic carbocycles. The van der Waals surface area contributed by atoms with Gasteiger partial charge in [-0.05, 0) is 23.5 Å². The van der Waals surface area contributed by atoms with Crippen molar-refractivity contribution in [3.63, 3.8) is 0 Å². The maximum Gasteiger partial charge on any atom is 0.320 e. The van der Waals surface area contributed by atoms with Gasteiger partial charge in [-0.2, -0.15) is 0 Å². The summed E-state index contributed by atoms with van der Waals surface area (Å²) in [5.41, 5.74) is 7.67. The number of aliphatic carboxylic acids is 1. The molecule has 0 radical (unpaired) electrons. The minimum atomic E-state index is -0.954. The van der Waals surface area contributed by atoms with Gasteiger partial charge in [-0.1, -0.05) is 38.1 Å². The average molecular weight is 244 g/mol. The van der Waals surface area contributed by atoms with Gasteiger partial charge in [-0.15, -0.1) is 12.4 Å². The van der Waals surface area contributed by atoms with E-state index in [9.17, 15) is 4.79 Å². The van der Waals surface area contributed by atoms with Crippen LogP contribution in [0.2, 0.25) is 0 Å². The van der Waals surface area contributed by atoms with Crippen molar-refractivity contribution in [2.24, 2.45) is 5.73 Å². The smallest absolute Gasteiger partial charge is 0.320 e. The Balaban J connectivity index is 0.00000225. The Kier molecular flexibility index (Phi) is 6.08. The number of hydrogen-bond acceptors (Lipinski definition) is 2. The molecule has 0 saturated carbocycles. The van der Waals surface area contributed by atoms with Crippen LogP contribution < -0.4 is 5.73 Å². The monoisotopic (exact) mass is 243 g/mol. The first-order valence-electron chi connectivity index (χ1n) is 5.08. The first-order valence-corrected chi connectivity index (χ1v) is 5.08. The second kappa shape index (κ2) is 6.51. The Morgan fingerprint density at radius 1 is 1.44 bits per heavy atom. The van der Waals surface area contributed by atoms with E-state index in [1.807, 2.05) is 24.3 Å². The quantitative estimate of drug-likeness (QED) is 0.852. The van der Waals surface area contributed by atoms with Crippen molar-refractivity contribution in [1.82, 2.24) is 0 Å². The molecule has 0 bridgehead atoms. The van der Waals surface area contributed by atoms with Crippen molar-refractivity contribution in [3.8, 4) is 0 Å². The summed E-state index contributed by atoms with van der Waals surface area (Å²) in [6, 6.07) is 7.11. The fourth-order valence-electron chi connectivity index (χ4n) is 1.42. The third-order valence-electron chi connectivity index (χ3n) is 2.39. The second-order valence-electron chi connectivity index (χ2n) is 4.05. The van der Waals surface area contributed by atoms with Crippen LogP contribution in [0, 0.1) is 0 Å². The molecule has 90 valence electrons. The molecule has 0 heterocycles. The van der Waals surface area contributed by atoms with Crippen LogP contribution in [0.25, 0.3) is 0 Å². The molecule has 1 unspecified atom stereocenters. The Morgan fingerprint density at radius 3 is 2.56 bits per heavy atom. The largest absolute Gasteiger partial charge is 0.480 e. The van der Waals surface area contributed by atoms with Crippen LogP contribution in [-0.2, 0) is 11.2 Å². The molecule has 3 N–H and O–H groups in total. The molecule has 1 atom stereocenters. The first kappa shape index (κ1) is 14.9. The minimum Gasteiger partial charge on any atom is -0.480 e. The van der Waals surface area contributed by atoms with E-state index < -0.39 is 12.0 Å². The van der Waals surface area contributed by atoms with Crippen molar-refractivity contribution in [2.75, 3.05) is 0 Å². The number of hydrogen-bond donors (Lipinski definition) is 2. The summed E-state index contributed by atoms with van der Waals surface area (Å²) < 4.78 is 0. The minimum absolute atomic E-state index is 0. The Bertz CT molecular complexity index is 353. The number of carboxylic acid groups (broad SMARTS) is 1. The van der Waals surface area contributed by atoms with E-state index in [4.69, 9.17) is 10.8 Å². The molecule has 0 aliphatic carbocycles. The van der Waals surface area contributed by atoms with E-state index in [1.165, 1.54) is 5.56 Å². The highest BCUT2D eigenvalue weighted by atomic mass is 35.5. The third kappa shape index (κ3) is 4.21. The van der Waals surface area contributed by atoms with Crippen molar-refractivity contribution < 1.29 is 9.90 Å². The molecule has 4 heteroatoms. The third-order valence-corrected chi connectivity index (χ3v) is 2.39. The van der Waals surface area contributed by atoms with E-state index in [2.05, 4.69) is 13.8 Å². The van der Waals surface area contributed by atoms with Gasteiger partial charge in [-0.25, -0.2) is 0 Å². The molecular formula is C12H18ClNO2. The summed E-state index contributed by atoms with van der Waals surface area (Å²) in [6.45, 7) is 4.21. The van der Waals surface area contributed by atoms with Crippen molar-refractivity contribution in [1.29, 1.82) is 0 Å². The standard InChI is InChI=1S/C12H17NO2.ClH/c1-8(2)10-5-3-4-9(6-10)7-11(13)12(14)15;/h3-6,8,11H,7,13H2,1-2H3,(H,14,15);1H. The van der Waals surface area contributed by atoms with E-state index >= 15 is 0 Å². The van der Waals surface area contributed by atoms with E-state index in [1.54, 1.807) is 0 Å². The summed E-state index contributed by atoms with van der Waals surface area (Å²) in [7, 11) is 0. The molecular weight excluding hydrogens is 226 g/mol. The van der Waals surface area contributed by atoms with Gasteiger partial charge in [0.2, 0.25) is 0 Å². The molecule has 16 heavy (non-hydrogen) atoms. The van der Waals surface area contributed by atoms with Crippen LogP contribution in [0.15, 0.2) is 24.3 Å². The number of halogens is 1. The van der Waals surface area contributed by atoms with E-state index in [0.717, 1.165) is 5.56 Å². The molecule has 0 amide bonds. The second-order valence-corrected chi connectivity index (χ2v) is 4.05. The number of benzene rings is 1. The van der Waals surface area contributed by atoms with Crippen LogP contribution in [-0.4, -0.2) is 17.1 Å². The lowest BCUT2D eigenvalue weighted by Crippen LogP contribution is -2.32. The van der Waals surface area contributed by atoms with Crippen LogP contribution >= 0.6 is 12.4 Å². The van der Waals surface area contributed by atoms with Crippen LogP contribution in [0.1, 0.15) is 30.9 Å². The zero-order valence-electron chi connectivity index (χ0n) is 9.51. The molecule has 3 nitrogen and oxygen atoms in total. The predicted molar refractivity (Wildman–Crippen MR) is 67.1 cm³/mol. The molecule has 0 saturated heterocycles. The maximum absolute atomic E-state index is 10.6. The summed E-state index contributed by atoms with van der Waals surface area (Å²) in [5.74, 6) is -0.504. The van der Waals surface area contributed by atoms with Gasteiger partial charge in [0.1, 0.15) is 6.04 Å². The van der Waals surface area contributed by atoms with E-state index in [0.29, 0.717) is 12.3 Å². The van der Waals surface area contributed by atoms with Gasteiger partial charge in [0.15, 0.2) is 0 Å². The molecule has 1 rings (SSSR count). The summed E-state index contributed by atoms with van der Waals surface area (Å²) in [5, 5.41) is 8.70. The average Bonchev–Trinajstić information content (AvgIpc) is 2.18. The van der Waals surface area contributed by atoms with Crippen LogP contribution in [0.3, 0.4) is 0 Å². The van der Waals surface area contributed by atoms with Gasteiger partial charge in [-0.3, -0.25) is 4.79 Å². The Morgan fingerprint density at radius 2 is 2.06 bits per heavy atom. The molecule has 1 aromatic rings. The summed E-state index contributed by atoms with van der Waals surface area (Å²) >= 11 is 0. The topological polar surface area (TPSA) is 63.3 Å². The highest BCUT2D eigenvalue weighted by Gasteiger charge is 2.12. The van der Waals surface area contributed by atoms with Gasteiger partial charge >= 0.3 is 5.97 Å². The summed E-state index contributed by atoms with van der Waals surface area (Å²) in [4.78, 5) is 10.6. The van der Waals surface area contributed by atoms with Crippen molar-refractivity contribution >= 4 is 18.4 Å². The predicted octanol–water partition coefficient (Wildman–Crippen LogP) is 2.19. The Hall–Kier alpha value is -1.06. The first-order chi connectivity index (χ1) is 7.00. The summed E-state index contributed by atoms with van der Waals surface area (Å²) in [6.07, 6.45) is 0.385. The zero-order chi connectivity index (χ0) is 11.4. The molecule has 0 aliphatic heterocycles.